The van der Waals surface area contributed by atoms with Crippen LogP contribution in [0.1, 0.15) is 125 Å². The number of anilines is 2. The fourth-order valence-electron chi connectivity index (χ4n) is 10.2. The van der Waals surface area contributed by atoms with Crippen LogP contribution in [0, 0.1) is 0 Å². The van der Waals surface area contributed by atoms with Crippen molar-refractivity contribution < 1.29 is 28.7 Å². The zero-order chi connectivity index (χ0) is 53.4. The van der Waals surface area contributed by atoms with E-state index in [0.29, 0.717) is 61.5 Å². The maximum absolute atomic E-state index is 13.4. The number of nitrogens with zero attached hydrogens (tertiary/aromatic N) is 2. The zero-order valence-electron chi connectivity index (χ0n) is 44.4. The van der Waals surface area contributed by atoms with Crippen LogP contribution in [0.25, 0.3) is 44.8 Å². The molecule has 2 aliphatic carbocycles. The van der Waals surface area contributed by atoms with Crippen molar-refractivity contribution in [3.8, 4) is 44.8 Å². The lowest BCUT2D eigenvalue weighted by Crippen LogP contribution is -2.27. The molecule has 1 heterocycles. The fraction of sp³-hybridized carbons (Fsp3) is 0.312. The Morgan fingerprint density at radius 1 is 0.434 bits per heavy atom. The molecule has 4 amide bonds. The van der Waals surface area contributed by atoms with Crippen LogP contribution in [0.2, 0.25) is 0 Å². The third-order valence-electron chi connectivity index (χ3n) is 14.4. The number of unbranched alkanes of at least 4 members (excludes halogenated alkanes) is 2. The van der Waals surface area contributed by atoms with E-state index in [2.05, 4.69) is 123 Å². The molecule has 76 heavy (non-hydrogen) atoms. The largest absolute Gasteiger partial charge is 0.449 e. The highest BCUT2D eigenvalue weighted by molar-refractivity contribution is 5.96. The van der Waals surface area contributed by atoms with E-state index in [-0.39, 0.29) is 60.5 Å². The molecule has 1 aromatic heterocycles. The van der Waals surface area contributed by atoms with E-state index in [1.54, 1.807) is 0 Å². The highest BCUT2D eigenvalue weighted by atomic mass is 16.6. The van der Waals surface area contributed by atoms with Crippen LogP contribution in [-0.4, -0.2) is 60.5 Å². The molecule has 0 saturated heterocycles. The summed E-state index contributed by atoms with van der Waals surface area (Å²) in [6, 6.07) is 48.7. The van der Waals surface area contributed by atoms with Crippen LogP contribution in [0.15, 0.2) is 146 Å². The first-order valence-electron chi connectivity index (χ1n) is 26.5. The van der Waals surface area contributed by atoms with Crippen molar-refractivity contribution in [2.24, 2.45) is 0 Å². The Kier molecular flexibility index (Phi) is 16.1. The molecular formula is C64H68N6O6. The summed E-state index contributed by atoms with van der Waals surface area (Å²) in [5, 5.41) is 21.4. The first kappa shape index (κ1) is 52.7. The predicted octanol–water partition coefficient (Wildman–Crippen LogP) is 13.7. The quantitative estimate of drug-likeness (QED) is 0.0618. The van der Waals surface area contributed by atoms with Gasteiger partial charge in [-0.1, -0.05) is 151 Å². The van der Waals surface area contributed by atoms with E-state index in [1.807, 2.05) is 84.9 Å². The van der Waals surface area contributed by atoms with E-state index in [9.17, 15) is 19.2 Å². The van der Waals surface area contributed by atoms with E-state index in [1.165, 1.54) is 22.3 Å². The number of nitrogens with one attached hydrogen (secondary N) is 4. The van der Waals surface area contributed by atoms with Gasteiger partial charge in [0.1, 0.15) is 13.2 Å². The molecule has 2 aliphatic rings. The number of rotatable bonds is 18. The number of benzene rings is 6. The number of hydrogen-bond donors (Lipinski definition) is 4. The summed E-state index contributed by atoms with van der Waals surface area (Å²) in [5.74, 6) is -0.336. The second kappa shape index (κ2) is 23.2. The van der Waals surface area contributed by atoms with Crippen LogP contribution >= 0.6 is 0 Å². The first-order chi connectivity index (χ1) is 36.6. The van der Waals surface area contributed by atoms with Crippen molar-refractivity contribution in [2.45, 2.75) is 103 Å². The Bertz CT molecular complexity index is 2940. The monoisotopic (exact) mass is 1020 g/mol. The third-order valence-corrected chi connectivity index (χ3v) is 14.4. The van der Waals surface area contributed by atoms with Gasteiger partial charge in [0.15, 0.2) is 0 Å². The normalized spacial score (nSPS) is 12.7. The minimum absolute atomic E-state index is 0.0171. The Morgan fingerprint density at radius 2 is 0.776 bits per heavy atom. The fourth-order valence-corrected chi connectivity index (χ4v) is 10.2. The second-order valence-corrected chi connectivity index (χ2v) is 21.8. The number of ether oxygens (including phenoxy) is 2. The van der Waals surface area contributed by atoms with Gasteiger partial charge in [-0.2, -0.15) is 0 Å². The number of amides is 4. The van der Waals surface area contributed by atoms with E-state index in [0.717, 1.165) is 44.5 Å². The van der Waals surface area contributed by atoms with Gasteiger partial charge < -0.3 is 30.7 Å². The van der Waals surface area contributed by atoms with E-state index in [4.69, 9.17) is 19.7 Å². The molecule has 390 valence electrons. The summed E-state index contributed by atoms with van der Waals surface area (Å²) >= 11 is 0. The average molecular weight is 1020 g/mol. The van der Waals surface area contributed by atoms with Gasteiger partial charge in [0.05, 0.1) is 22.8 Å². The SMILES string of the molecule is CC(C)(C)c1ccc(NC(=O)CCCCNC(=O)OCC2c3ccccc3-c3ccccc32)c(-c2ccc(-c3cc(C(C)(C)C)ccc3NC(=O)CCCCNC(=O)OCC3c4ccccc4-c4ccccc43)nn2)c1. The van der Waals surface area contributed by atoms with Gasteiger partial charge in [0, 0.05) is 48.9 Å². The molecule has 6 aromatic carbocycles. The van der Waals surface area contributed by atoms with Gasteiger partial charge >= 0.3 is 12.2 Å². The van der Waals surface area contributed by atoms with Gasteiger partial charge in [-0.05, 0) is 129 Å². The lowest BCUT2D eigenvalue weighted by Gasteiger charge is -2.22. The molecule has 0 aliphatic heterocycles. The standard InChI is InChI=1S/C64H68N6O6/c1-63(2,3)41-29-31-55(67-59(71)27-15-17-35-65-61(73)75-39-53-47-23-11-7-19-43(47)44-20-8-12-24-48(44)53)51(37-41)57-33-34-58(70-69-57)52-38-42(64(4,5)6)30-32-56(52)68-60(72)28-16-18-36-66-62(74)76-40-54-49-25-13-9-21-45(49)46-22-10-14-26-50(46)54/h7-14,19-26,29-34,37-38,53-54H,15-18,27-28,35-36,39-40H2,1-6H3,(H,65,73)(H,66,74)(H,67,71)(H,68,72). The van der Waals surface area contributed by atoms with Gasteiger partial charge in [0.2, 0.25) is 11.8 Å². The predicted molar refractivity (Wildman–Crippen MR) is 301 cm³/mol. The highest BCUT2D eigenvalue weighted by Gasteiger charge is 2.31. The van der Waals surface area contributed by atoms with Crippen molar-refractivity contribution in [3.05, 3.63) is 179 Å². The maximum Gasteiger partial charge on any atom is 0.407 e. The number of carbonyl (C=O) groups excluding carboxylic acids is 4. The van der Waals surface area contributed by atoms with Crippen LogP contribution in [0.4, 0.5) is 21.0 Å². The molecule has 12 nitrogen and oxygen atoms in total. The average Bonchev–Trinajstić information content (AvgIpc) is 3.95. The zero-order valence-corrected chi connectivity index (χ0v) is 44.4. The number of hydrogen-bond acceptors (Lipinski definition) is 8. The summed E-state index contributed by atoms with van der Waals surface area (Å²) in [6.45, 7) is 14.1. The van der Waals surface area contributed by atoms with E-state index >= 15 is 0 Å². The molecular weight excluding hydrogens is 949 g/mol. The molecule has 0 bridgehead atoms. The smallest absolute Gasteiger partial charge is 0.407 e. The van der Waals surface area contributed by atoms with Crippen LogP contribution in [0.3, 0.4) is 0 Å². The number of alkyl carbamates (subject to hydrolysis) is 2. The molecule has 9 rings (SSSR count). The minimum atomic E-state index is -0.475. The topological polar surface area (TPSA) is 161 Å². The summed E-state index contributed by atoms with van der Waals surface area (Å²) in [4.78, 5) is 52.4. The summed E-state index contributed by atoms with van der Waals surface area (Å²) in [6.07, 6.45) is 1.89. The summed E-state index contributed by atoms with van der Waals surface area (Å²) < 4.78 is 11.4. The van der Waals surface area contributed by atoms with Crippen molar-refractivity contribution in [2.75, 3.05) is 36.9 Å². The molecule has 0 spiro atoms. The summed E-state index contributed by atoms with van der Waals surface area (Å²) in [7, 11) is 0. The molecule has 0 unspecified atom stereocenters. The Hall–Kier alpha value is -8.12. The lowest BCUT2D eigenvalue weighted by atomic mass is 9.85. The van der Waals surface area contributed by atoms with Gasteiger partial charge in [-0.15, -0.1) is 10.2 Å². The van der Waals surface area contributed by atoms with Crippen molar-refractivity contribution >= 4 is 35.4 Å². The van der Waals surface area contributed by atoms with Gasteiger partial charge in [0.25, 0.3) is 0 Å². The molecule has 0 saturated carbocycles. The van der Waals surface area contributed by atoms with Crippen LogP contribution in [0.5, 0.6) is 0 Å². The second-order valence-electron chi connectivity index (χ2n) is 21.8. The van der Waals surface area contributed by atoms with Gasteiger partial charge in [-0.25, -0.2) is 9.59 Å². The molecule has 0 radical (unpaired) electrons. The molecule has 4 N–H and O–H groups in total. The number of fused-ring (bicyclic) bond motifs is 6. The first-order valence-corrected chi connectivity index (χ1v) is 26.5. The van der Waals surface area contributed by atoms with Crippen LogP contribution in [-0.2, 0) is 29.9 Å². The van der Waals surface area contributed by atoms with Crippen molar-refractivity contribution in [1.82, 2.24) is 20.8 Å². The van der Waals surface area contributed by atoms with Crippen molar-refractivity contribution in [1.29, 1.82) is 0 Å². The molecule has 0 fully saturated rings. The Labute approximate surface area is 446 Å². The number of carbonyl (C=O) groups is 4. The highest BCUT2D eigenvalue weighted by Crippen LogP contribution is 2.46. The third kappa shape index (κ3) is 12.3. The molecule has 0 atom stereocenters. The van der Waals surface area contributed by atoms with E-state index < -0.39 is 12.2 Å². The van der Waals surface area contributed by atoms with Crippen LogP contribution < -0.4 is 21.3 Å². The van der Waals surface area contributed by atoms with Crippen molar-refractivity contribution in [3.63, 3.8) is 0 Å². The lowest BCUT2D eigenvalue weighted by molar-refractivity contribution is -0.117. The summed E-state index contributed by atoms with van der Waals surface area (Å²) in [5.41, 5.74) is 15.0. The maximum atomic E-state index is 13.4. The minimum Gasteiger partial charge on any atom is -0.449 e. The number of aromatic nitrogens is 2. The Morgan fingerprint density at radius 3 is 1.11 bits per heavy atom. The van der Waals surface area contributed by atoms with Gasteiger partial charge in [-0.3, -0.25) is 9.59 Å². The molecule has 12 heteroatoms. The molecule has 7 aromatic rings. The Balaban J connectivity index is 0.769.